The second-order valence-corrected chi connectivity index (χ2v) is 10.2. The number of amides is 1. The van der Waals surface area contributed by atoms with E-state index in [0.29, 0.717) is 37.4 Å². The van der Waals surface area contributed by atoms with Crippen molar-refractivity contribution in [3.8, 4) is 6.07 Å². The molecule has 2 aliphatic heterocycles. The van der Waals surface area contributed by atoms with Crippen LogP contribution in [0.2, 0.25) is 0 Å². The van der Waals surface area contributed by atoms with Gasteiger partial charge in [-0.1, -0.05) is 0 Å². The molecule has 0 spiro atoms. The highest BCUT2D eigenvalue weighted by molar-refractivity contribution is 7.90. The van der Waals surface area contributed by atoms with Gasteiger partial charge >= 0.3 is 0 Å². The number of benzene rings is 2. The van der Waals surface area contributed by atoms with Crippen LogP contribution < -0.4 is 9.80 Å². The number of hydrogen-bond acceptors (Lipinski definition) is 6. The first-order chi connectivity index (χ1) is 15.3. The molecule has 0 saturated carbocycles. The smallest absolute Gasteiger partial charge is 0.256 e. The minimum absolute atomic E-state index is 0.00256. The zero-order valence-electron chi connectivity index (χ0n) is 17.9. The van der Waals surface area contributed by atoms with E-state index in [-0.39, 0.29) is 16.4 Å². The lowest BCUT2D eigenvalue weighted by molar-refractivity contribution is 0.0747. The van der Waals surface area contributed by atoms with Gasteiger partial charge in [-0.05, 0) is 49.2 Å². The second kappa shape index (κ2) is 8.79. The van der Waals surface area contributed by atoms with Crippen LogP contribution in [0, 0.1) is 17.1 Å². The average molecular weight is 457 g/mol. The SMILES string of the molecule is CS(=O)(=O)c1ccc(N2CCCC2)c(C(=O)N2CCN(c3ccc(C#N)c(F)c3)CC2)c1. The maximum atomic E-state index is 14.0. The highest BCUT2D eigenvalue weighted by Crippen LogP contribution is 2.29. The minimum Gasteiger partial charge on any atom is -0.371 e. The molecule has 0 aromatic heterocycles. The summed E-state index contributed by atoms with van der Waals surface area (Å²) >= 11 is 0. The quantitative estimate of drug-likeness (QED) is 0.703. The van der Waals surface area contributed by atoms with E-state index in [4.69, 9.17) is 5.26 Å². The van der Waals surface area contributed by atoms with Crippen LogP contribution in [-0.2, 0) is 9.84 Å². The number of rotatable bonds is 4. The number of hydrogen-bond donors (Lipinski definition) is 0. The fourth-order valence-electron chi connectivity index (χ4n) is 4.28. The molecule has 0 unspecified atom stereocenters. The van der Waals surface area contributed by atoms with Crippen LogP contribution in [0.15, 0.2) is 41.3 Å². The molecular weight excluding hydrogens is 431 g/mol. The molecule has 7 nitrogen and oxygen atoms in total. The molecule has 0 bridgehead atoms. The van der Waals surface area contributed by atoms with Crippen molar-refractivity contribution in [2.75, 3.05) is 55.3 Å². The molecule has 2 heterocycles. The number of piperazine rings is 1. The molecule has 2 saturated heterocycles. The van der Waals surface area contributed by atoms with Crippen LogP contribution in [0.3, 0.4) is 0 Å². The van der Waals surface area contributed by atoms with Gasteiger partial charge in [-0.2, -0.15) is 5.26 Å². The van der Waals surface area contributed by atoms with Gasteiger partial charge in [0.25, 0.3) is 5.91 Å². The Bertz CT molecular complexity index is 1180. The minimum atomic E-state index is -3.44. The predicted molar refractivity (Wildman–Crippen MR) is 120 cm³/mol. The van der Waals surface area contributed by atoms with Gasteiger partial charge in [-0.3, -0.25) is 4.79 Å². The van der Waals surface area contributed by atoms with E-state index in [1.54, 1.807) is 23.1 Å². The van der Waals surface area contributed by atoms with Crippen LogP contribution in [-0.4, -0.2) is 64.7 Å². The van der Waals surface area contributed by atoms with E-state index in [9.17, 15) is 17.6 Å². The van der Waals surface area contributed by atoms with Gasteiger partial charge in [0.2, 0.25) is 0 Å². The second-order valence-electron chi connectivity index (χ2n) is 8.20. The Kier molecular flexibility index (Phi) is 6.07. The molecule has 9 heteroatoms. The average Bonchev–Trinajstić information content (AvgIpc) is 3.32. The van der Waals surface area contributed by atoms with Gasteiger partial charge in [0.15, 0.2) is 9.84 Å². The van der Waals surface area contributed by atoms with Crippen LogP contribution in [0.25, 0.3) is 0 Å². The predicted octanol–water partition coefficient (Wildman–Crippen LogP) is 2.66. The lowest BCUT2D eigenvalue weighted by atomic mass is 10.1. The summed E-state index contributed by atoms with van der Waals surface area (Å²) in [7, 11) is -3.44. The molecule has 2 aromatic carbocycles. The lowest BCUT2D eigenvalue weighted by Crippen LogP contribution is -2.49. The zero-order valence-corrected chi connectivity index (χ0v) is 18.7. The van der Waals surface area contributed by atoms with E-state index in [0.717, 1.165) is 37.9 Å². The summed E-state index contributed by atoms with van der Waals surface area (Å²) in [6.45, 7) is 3.59. The summed E-state index contributed by atoms with van der Waals surface area (Å²) in [4.78, 5) is 19.4. The molecule has 168 valence electrons. The monoisotopic (exact) mass is 456 g/mol. The van der Waals surface area contributed by atoms with Crippen molar-refractivity contribution in [2.45, 2.75) is 17.7 Å². The topological polar surface area (TPSA) is 84.7 Å². The summed E-state index contributed by atoms with van der Waals surface area (Å²) in [6.07, 6.45) is 3.23. The largest absolute Gasteiger partial charge is 0.371 e. The van der Waals surface area contributed by atoms with E-state index in [2.05, 4.69) is 4.90 Å². The van der Waals surface area contributed by atoms with Crippen LogP contribution in [0.5, 0.6) is 0 Å². The van der Waals surface area contributed by atoms with Crippen molar-refractivity contribution < 1.29 is 17.6 Å². The molecular formula is C23H25FN4O3S. The van der Waals surface area contributed by atoms with E-state index < -0.39 is 15.7 Å². The fraction of sp³-hybridized carbons (Fsp3) is 0.391. The number of nitrogens with zero attached hydrogens (tertiary/aromatic N) is 4. The first-order valence-corrected chi connectivity index (χ1v) is 12.5. The summed E-state index contributed by atoms with van der Waals surface area (Å²) in [5.74, 6) is -0.751. The third-order valence-electron chi connectivity index (χ3n) is 6.08. The Labute approximate surface area is 187 Å². The summed E-state index contributed by atoms with van der Waals surface area (Å²) in [5, 5.41) is 8.91. The lowest BCUT2D eigenvalue weighted by Gasteiger charge is -2.36. The Balaban J connectivity index is 1.55. The van der Waals surface area contributed by atoms with Crippen molar-refractivity contribution in [1.29, 1.82) is 5.26 Å². The van der Waals surface area contributed by atoms with Gasteiger partial charge in [0.1, 0.15) is 11.9 Å². The number of nitriles is 1. The Morgan fingerprint density at radius 2 is 1.66 bits per heavy atom. The maximum Gasteiger partial charge on any atom is 0.256 e. The van der Waals surface area contributed by atoms with Crippen molar-refractivity contribution in [3.05, 3.63) is 53.3 Å². The first kappa shape index (κ1) is 22.1. The van der Waals surface area contributed by atoms with Gasteiger partial charge < -0.3 is 14.7 Å². The number of carbonyl (C=O) groups is 1. The Morgan fingerprint density at radius 1 is 0.969 bits per heavy atom. The number of sulfone groups is 1. The molecule has 0 aliphatic carbocycles. The molecule has 32 heavy (non-hydrogen) atoms. The maximum absolute atomic E-state index is 14.0. The zero-order chi connectivity index (χ0) is 22.9. The molecule has 0 radical (unpaired) electrons. The third-order valence-corrected chi connectivity index (χ3v) is 7.19. The Hall–Kier alpha value is -3.12. The molecule has 0 atom stereocenters. The molecule has 0 N–H and O–H groups in total. The van der Waals surface area contributed by atoms with Gasteiger partial charge in [0, 0.05) is 56.9 Å². The first-order valence-electron chi connectivity index (χ1n) is 10.6. The van der Waals surface area contributed by atoms with Gasteiger partial charge in [-0.25, -0.2) is 12.8 Å². The van der Waals surface area contributed by atoms with Crippen molar-refractivity contribution in [1.82, 2.24) is 4.90 Å². The normalized spacial score (nSPS) is 16.8. The van der Waals surface area contributed by atoms with Crippen molar-refractivity contribution >= 4 is 27.1 Å². The molecule has 2 fully saturated rings. The number of carbonyl (C=O) groups excluding carboxylic acids is 1. The highest BCUT2D eigenvalue weighted by atomic mass is 32.2. The number of anilines is 2. The highest BCUT2D eigenvalue weighted by Gasteiger charge is 2.28. The fourth-order valence-corrected chi connectivity index (χ4v) is 4.93. The van der Waals surface area contributed by atoms with Crippen LogP contribution >= 0.6 is 0 Å². The summed E-state index contributed by atoms with van der Waals surface area (Å²) in [5.41, 5.74) is 1.86. The number of halogens is 1. The van der Waals surface area contributed by atoms with E-state index >= 15 is 0 Å². The van der Waals surface area contributed by atoms with Crippen LogP contribution in [0.4, 0.5) is 15.8 Å². The van der Waals surface area contributed by atoms with E-state index in [1.807, 2.05) is 11.0 Å². The van der Waals surface area contributed by atoms with Crippen molar-refractivity contribution in [2.24, 2.45) is 0 Å². The summed E-state index contributed by atoms with van der Waals surface area (Å²) < 4.78 is 38.2. The molecule has 4 rings (SSSR count). The van der Waals surface area contributed by atoms with Gasteiger partial charge in [-0.15, -0.1) is 0 Å². The van der Waals surface area contributed by atoms with Crippen molar-refractivity contribution in [3.63, 3.8) is 0 Å². The molecule has 2 aromatic rings. The Morgan fingerprint density at radius 3 is 2.25 bits per heavy atom. The standard InChI is InChI=1S/C23H25FN4O3S/c1-32(30,31)19-6-7-22(27-8-2-3-9-27)20(15-19)23(29)28-12-10-26(11-13-28)18-5-4-17(16-25)21(24)14-18/h4-7,14-15H,2-3,8-13H2,1H3. The molecule has 2 aliphatic rings. The summed E-state index contributed by atoms with van der Waals surface area (Å²) in [6, 6.07) is 11.1. The third kappa shape index (κ3) is 4.41. The van der Waals surface area contributed by atoms with Crippen LogP contribution in [0.1, 0.15) is 28.8 Å². The van der Waals surface area contributed by atoms with Gasteiger partial charge in [0.05, 0.1) is 16.0 Å². The molecule has 1 amide bonds. The van der Waals surface area contributed by atoms with E-state index in [1.165, 1.54) is 18.2 Å².